The highest BCUT2D eigenvalue weighted by Gasteiger charge is 2.32. The maximum Gasteiger partial charge on any atom is 0.416 e. The predicted molar refractivity (Wildman–Crippen MR) is 90.5 cm³/mol. The van der Waals surface area contributed by atoms with Gasteiger partial charge < -0.3 is 0 Å². The van der Waals surface area contributed by atoms with Gasteiger partial charge in [-0.05, 0) is 42.5 Å². The number of alkyl halides is 3. The van der Waals surface area contributed by atoms with Gasteiger partial charge >= 0.3 is 6.18 Å². The first-order chi connectivity index (χ1) is 12.7. The Kier molecular flexibility index (Phi) is 4.63. The van der Waals surface area contributed by atoms with Crippen LogP contribution in [-0.4, -0.2) is 18.2 Å². The Labute approximate surface area is 152 Å². The molecule has 0 bridgehead atoms. The van der Waals surface area contributed by atoms with Crippen molar-refractivity contribution in [3.05, 3.63) is 72.1 Å². The largest absolute Gasteiger partial charge is 0.416 e. The number of nitriles is 1. The van der Waals surface area contributed by atoms with Crippen LogP contribution in [0.25, 0.3) is 5.69 Å². The van der Waals surface area contributed by atoms with Crippen molar-refractivity contribution in [3.8, 4) is 11.8 Å². The van der Waals surface area contributed by atoms with Crippen molar-refractivity contribution in [2.45, 2.75) is 11.1 Å². The molecule has 0 fully saturated rings. The normalized spacial score (nSPS) is 11.8. The Morgan fingerprint density at radius 3 is 2.52 bits per heavy atom. The lowest BCUT2D eigenvalue weighted by Crippen LogP contribution is -2.16. The summed E-state index contributed by atoms with van der Waals surface area (Å²) in [7, 11) is -4.23. The number of rotatable bonds is 4. The highest BCUT2D eigenvalue weighted by atomic mass is 32.2. The second-order valence-electron chi connectivity index (χ2n) is 5.43. The lowest BCUT2D eigenvalue weighted by Gasteiger charge is -2.15. The highest BCUT2D eigenvalue weighted by Crippen LogP contribution is 2.34. The summed E-state index contributed by atoms with van der Waals surface area (Å²) in [6.07, 6.45) is -1.77. The lowest BCUT2D eigenvalue weighted by molar-refractivity contribution is -0.137. The molecule has 0 aliphatic heterocycles. The van der Waals surface area contributed by atoms with Gasteiger partial charge in [-0.2, -0.15) is 23.5 Å². The van der Waals surface area contributed by atoms with E-state index in [2.05, 4.69) is 9.82 Å². The number of aromatic nitrogens is 2. The molecular weight excluding hydrogens is 381 g/mol. The molecule has 6 nitrogen and oxygen atoms in total. The fourth-order valence-corrected chi connectivity index (χ4v) is 3.45. The molecule has 0 aliphatic carbocycles. The van der Waals surface area contributed by atoms with Gasteiger partial charge in [0.1, 0.15) is 0 Å². The third-order valence-electron chi connectivity index (χ3n) is 3.59. The molecule has 0 aliphatic rings. The van der Waals surface area contributed by atoms with Crippen LogP contribution in [0, 0.1) is 11.3 Å². The predicted octanol–water partition coefficient (Wildman–Crippen LogP) is 3.56. The first-order valence-electron chi connectivity index (χ1n) is 7.45. The Morgan fingerprint density at radius 2 is 1.89 bits per heavy atom. The summed E-state index contributed by atoms with van der Waals surface area (Å²) in [5, 5.41) is 12.8. The topological polar surface area (TPSA) is 87.8 Å². The summed E-state index contributed by atoms with van der Waals surface area (Å²) in [5.41, 5.74) is -1.08. The van der Waals surface area contributed by atoms with Gasteiger partial charge in [-0.1, -0.05) is 6.07 Å². The quantitative estimate of drug-likeness (QED) is 0.735. The van der Waals surface area contributed by atoms with E-state index in [4.69, 9.17) is 5.26 Å². The van der Waals surface area contributed by atoms with Crippen LogP contribution in [0.4, 0.5) is 18.9 Å². The van der Waals surface area contributed by atoms with Crippen LogP contribution in [0.2, 0.25) is 0 Å². The summed E-state index contributed by atoms with van der Waals surface area (Å²) in [6.45, 7) is 0. The number of halogens is 3. The zero-order valence-corrected chi connectivity index (χ0v) is 14.3. The van der Waals surface area contributed by atoms with Crippen molar-refractivity contribution in [1.82, 2.24) is 9.78 Å². The van der Waals surface area contributed by atoms with E-state index in [9.17, 15) is 21.6 Å². The van der Waals surface area contributed by atoms with Crippen LogP contribution in [0.1, 0.15) is 11.1 Å². The van der Waals surface area contributed by atoms with E-state index in [0.29, 0.717) is 6.07 Å². The molecule has 0 saturated heterocycles. The molecule has 0 amide bonds. The summed E-state index contributed by atoms with van der Waals surface area (Å²) in [6, 6.07) is 11.2. The first-order valence-corrected chi connectivity index (χ1v) is 8.93. The van der Waals surface area contributed by atoms with E-state index in [1.165, 1.54) is 35.3 Å². The molecule has 2 aromatic carbocycles. The van der Waals surface area contributed by atoms with Gasteiger partial charge in [-0.25, -0.2) is 13.1 Å². The molecule has 1 heterocycles. The number of sulfonamides is 1. The fourth-order valence-electron chi connectivity index (χ4n) is 2.34. The van der Waals surface area contributed by atoms with Gasteiger partial charge in [0, 0.05) is 12.4 Å². The average molecular weight is 392 g/mol. The van der Waals surface area contributed by atoms with E-state index >= 15 is 0 Å². The molecule has 3 rings (SSSR count). The standard InChI is InChI=1S/C17H11F3N4O2S/c18-17(19,20)13-5-6-16(24-8-2-7-22-24)15(10-13)23-27(25,26)14-4-1-3-12(9-14)11-21/h1-10,23H. The van der Waals surface area contributed by atoms with E-state index in [0.717, 1.165) is 18.2 Å². The number of hydrogen-bond donors (Lipinski definition) is 1. The Bertz CT molecular complexity index is 1120. The summed E-state index contributed by atoms with van der Waals surface area (Å²) in [4.78, 5) is -0.245. The first kappa shape index (κ1) is 18.5. The monoisotopic (exact) mass is 392 g/mol. The third-order valence-corrected chi connectivity index (χ3v) is 4.96. The highest BCUT2D eigenvalue weighted by molar-refractivity contribution is 7.92. The van der Waals surface area contributed by atoms with Crippen molar-refractivity contribution in [3.63, 3.8) is 0 Å². The molecule has 3 aromatic rings. The van der Waals surface area contributed by atoms with Gasteiger partial charge in [0.05, 0.1) is 33.5 Å². The SMILES string of the molecule is N#Cc1cccc(S(=O)(=O)Nc2cc(C(F)(F)F)ccc2-n2cccn2)c1. The smallest absolute Gasteiger partial charge is 0.277 e. The fraction of sp³-hybridized carbons (Fsp3) is 0.0588. The van der Waals surface area contributed by atoms with Crippen molar-refractivity contribution in [2.24, 2.45) is 0 Å². The summed E-state index contributed by atoms with van der Waals surface area (Å²) < 4.78 is 67.8. The number of nitrogens with one attached hydrogen (secondary N) is 1. The second-order valence-corrected chi connectivity index (χ2v) is 7.11. The average Bonchev–Trinajstić information content (AvgIpc) is 3.15. The van der Waals surface area contributed by atoms with E-state index < -0.39 is 21.8 Å². The van der Waals surface area contributed by atoms with Crippen molar-refractivity contribution < 1.29 is 21.6 Å². The van der Waals surface area contributed by atoms with Crippen LogP contribution in [0.5, 0.6) is 0 Å². The van der Waals surface area contributed by atoms with Crippen LogP contribution in [0.3, 0.4) is 0 Å². The Morgan fingerprint density at radius 1 is 1.11 bits per heavy atom. The van der Waals surface area contributed by atoms with Crippen LogP contribution < -0.4 is 4.72 Å². The van der Waals surface area contributed by atoms with Gasteiger partial charge in [-0.3, -0.25) is 4.72 Å². The molecule has 1 N–H and O–H groups in total. The molecule has 1 aromatic heterocycles. The zero-order valence-electron chi connectivity index (χ0n) is 13.5. The maximum atomic E-state index is 13.1. The van der Waals surface area contributed by atoms with Gasteiger partial charge in [0.15, 0.2) is 0 Å². The Balaban J connectivity index is 2.10. The number of benzene rings is 2. The second kappa shape index (κ2) is 6.77. The van der Waals surface area contributed by atoms with E-state index in [-0.39, 0.29) is 21.8 Å². The van der Waals surface area contributed by atoms with Crippen LogP contribution in [0.15, 0.2) is 65.8 Å². The van der Waals surface area contributed by atoms with Crippen LogP contribution in [-0.2, 0) is 16.2 Å². The van der Waals surface area contributed by atoms with E-state index in [1.807, 2.05) is 6.07 Å². The molecular formula is C17H11F3N4O2S. The molecule has 0 saturated carbocycles. The van der Waals surface area contributed by atoms with Crippen molar-refractivity contribution in [1.29, 1.82) is 5.26 Å². The summed E-state index contributed by atoms with van der Waals surface area (Å²) >= 11 is 0. The van der Waals surface area contributed by atoms with Gasteiger partial charge in [-0.15, -0.1) is 0 Å². The van der Waals surface area contributed by atoms with Crippen LogP contribution >= 0.6 is 0 Å². The molecule has 0 radical (unpaired) electrons. The molecule has 0 atom stereocenters. The van der Waals surface area contributed by atoms with Crippen molar-refractivity contribution >= 4 is 15.7 Å². The third kappa shape index (κ3) is 3.93. The molecule has 27 heavy (non-hydrogen) atoms. The molecule has 138 valence electrons. The molecule has 0 unspecified atom stereocenters. The lowest BCUT2D eigenvalue weighted by atomic mass is 10.1. The van der Waals surface area contributed by atoms with Gasteiger partial charge in [0.25, 0.3) is 10.0 Å². The Hall–Kier alpha value is -3.32. The number of anilines is 1. The zero-order chi connectivity index (χ0) is 19.7. The minimum atomic E-state index is -4.65. The van der Waals surface area contributed by atoms with E-state index in [1.54, 1.807) is 6.07 Å². The number of nitrogens with zero attached hydrogens (tertiary/aromatic N) is 3. The molecule has 0 spiro atoms. The maximum absolute atomic E-state index is 13.1. The number of hydrogen-bond acceptors (Lipinski definition) is 4. The minimum Gasteiger partial charge on any atom is -0.277 e. The van der Waals surface area contributed by atoms with Gasteiger partial charge in [0.2, 0.25) is 0 Å². The minimum absolute atomic E-state index is 0.106. The molecule has 10 heteroatoms. The van der Waals surface area contributed by atoms with Crippen molar-refractivity contribution in [2.75, 3.05) is 4.72 Å². The summed E-state index contributed by atoms with van der Waals surface area (Å²) in [5.74, 6) is 0.